The minimum atomic E-state index is -0.886. The Morgan fingerprint density at radius 1 is 0.944 bits per heavy atom. The normalized spacial score (nSPS) is 11.9. The van der Waals surface area contributed by atoms with Crippen LogP contribution in [-0.2, 0) is 4.79 Å². The number of unbranched alkanes of at least 4 members (excludes halogenated alkanes) is 9. The van der Waals surface area contributed by atoms with Gasteiger partial charge in [-0.1, -0.05) is 71.1 Å². The van der Waals surface area contributed by atoms with Crippen LogP contribution in [0.2, 0.25) is 0 Å². The van der Waals surface area contributed by atoms with E-state index in [1.807, 2.05) is 0 Å². The van der Waals surface area contributed by atoms with E-state index in [1.54, 1.807) is 0 Å². The van der Waals surface area contributed by atoms with Crippen LogP contribution in [0, 0.1) is 0 Å². The van der Waals surface area contributed by atoms with Crippen molar-refractivity contribution in [1.82, 2.24) is 0 Å². The first-order chi connectivity index (χ1) is 8.18. The van der Waals surface area contributed by atoms with Gasteiger partial charge in [0.15, 0.2) is 0 Å². The Morgan fingerprint density at radius 3 is 1.72 bits per heavy atom. The molecule has 1 unspecified atom stereocenters. The Hall–Kier alpha value is 0.760. The van der Waals surface area contributed by atoms with Crippen LogP contribution in [0.1, 0.15) is 77.6 Å². The van der Waals surface area contributed by atoms with Crippen molar-refractivity contribution in [1.29, 1.82) is 0 Å². The molecule has 0 fully saturated rings. The third-order valence-electron chi connectivity index (χ3n) is 3.08. The first kappa shape index (κ1) is 21.1. The van der Waals surface area contributed by atoms with Gasteiger partial charge in [-0.2, -0.15) is 0 Å². The van der Waals surface area contributed by atoms with Gasteiger partial charge in [0, 0.05) is 0 Å². The molecule has 2 nitrogen and oxygen atoms in total. The van der Waals surface area contributed by atoms with Gasteiger partial charge in [0.05, 0.1) is 0 Å². The Labute approximate surface area is 139 Å². The third-order valence-corrected chi connectivity index (χ3v) is 3.48. The molecule has 0 aromatic rings. The second-order valence-corrected chi connectivity index (χ2v) is 5.30. The summed E-state index contributed by atoms with van der Waals surface area (Å²) in [5.74, 6) is -0.886. The van der Waals surface area contributed by atoms with Crippen LogP contribution in [0.4, 0.5) is 0 Å². The zero-order chi connectivity index (χ0) is 12.9. The quantitative estimate of drug-likeness (QED) is 0.329. The number of aliphatic carboxylic acids is 1. The maximum atomic E-state index is 10.5. The molecule has 0 saturated heterocycles. The van der Waals surface area contributed by atoms with Gasteiger partial charge in [-0.15, -0.1) is 11.6 Å². The number of hydrogen-bond donors (Lipinski definition) is 1. The Kier molecular flexibility index (Phi) is 18.5. The summed E-state index contributed by atoms with van der Waals surface area (Å²) < 4.78 is 0. The molecule has 0 spiro atoms. The summed E-state index contributed by atoms with van der Waals surface area (Å²) in [6.07, 6.45) is 13.3. The standard InChI is InChI=1S/C14H27ClO2.Na.H/c1-2-3-4-5-6-7-8-9-10-11-12-13(15)14(16)17;;/h13H,2-12H2,1H3,(H,16,17);;. The zero-order valence-electron chi connectivity index (χ0n) is 11.1. The first-order valence-electron chi connectivity index (χ1n) is 7.05. The number of carboxylic acids is 1. The van der Waals surface area contributed by atoms with Gasteiger partial charge in [0.2, 0.25) is 0 Å². The number of hydrogen-bond acceptors (Lipinski definition) is 1. The van der Waals surface area contributed by atoms with E-state index in [-0.39, 0.29) is 29.6 Å². The summed E-state index contributed by atoms with van der Waals surface area (Å²) in [5.41, 5.74) is 0. The molecule has 18 heavy (non-hydrogen) atoms. The molecule has 0 amide bonds. The van der Waals surface area contributed by atoms with Crippen molar-refractivity contribution in [3.05, 3.63) is 0 Å². The third kappa shape index (κ3) is 14.8. The fourth-order valence-corrected chi connectivity index (χ4v) is 2.09. The molecule has 0 aliphatic rings. The van der Waals surface area contributed by atoms with Crippen LogP contribution >= 0.6 is 11.6 Å². The van der Waals surface area contributed by atoms with Crippen molar-refractivity contribution < 1.29 is 9.90 Å². The van der Waals surface area contributed by atoms with Crippen LogP contribution in [0.25, 0.3) is 0 Å². The molecule has 0 aromatic carbocycles. The number of halogens is 1. The monoisotopic (exact) mass is 286 g/mol. The molecule has 104 valence electrons. The summed E-state index contributed by atoms with van der Waals surface area (Å²) in [7, 11) is 0. The van der Waals surface area contributed by atoms with Gasteiger partial charge in [-0.3, -0.25) is 4.79 Å². The molecular formula is C14H28ClNaO2. The van der Waals surface area contributed by atoms with Crippen LogP contribution in [-0.4, -0.2) is 46.0 Å². The van der Waals surface area contributed by atoms with Crippen molar-refractivity contribution in [2.45, 2.75) is 82.9 Å². The van der Waals surface area contributed by atoms with Crippen molar-refractivity contribution >= 4 is 47.1 Å². The Morgan fingerprint density at radius 2 is 1.33 bits per heavy atom. The average Bonchev–Trinajstić information content (AvgIpc) is 2.31. The molecule has 0 aliphatic heterocycles. The van der Waals surface area contributed by atoms with Gasteiger partial charge < -0.3 is 5.11 Å². The first-order valence-corrected chi connectivity index (χ1v) is 7.49. The topological polar surface area (TPSA) is 37.3 Å². The van der Waals surface area contributed by atoms with Crippen LogP contribution in [0.5, 0.6) is 0 Å². The van der Waals surface area contributed by atoms with Crippen LogP contribution in [0.3, 0.4) is 0 Å². The molecule has 0 rings (SSSR count). The number of carbonyl (C=O) groups is 1. The van der Waals surface area contributed by atoms with Gasteiger partial charge in [-0.25, -0.2) is 0 Å². The van der Waals surface area contributed by atoms with E-state index >= 15 is 0 Å². The zero-order valence-corrected chi connectivity index (χ0v) is 11.8. The number of rotatable bonds is 12. The maximum absolute atomic E-state index is 10.5. The van der Waals surface area contributed by atoms with Gasteiger partial charge in [-0.05, 0) is 6.42 Å². The molecule has 0 saturated carbocycles. The van der Waals surface area contributed by atoms with Crippen molar-refractivity contribution in [2.75, 3.05) is 0 Å². The van der Waals surface area contributed by atoms with Crippen molar-refractivity contribution in [3.63, 3.8) is 0 Å². The summed E-state index contributed by atoms with van der Waals surface area (Å²) in [5, 5.41) is 7.90. The summed E-state index contributed by atoms with van der Waals surface area (Å²) in [6, 6.07) is 0. The molecule has 0 heterocycles. The van der Waals surface area contributed by atoms with Gasteiger partial charge in [0.1, 0.15) is 5.38 Å². The second-order valence-electron chi connectivity index (χ2n) is 4.78. The average molecular weight is 287 g/mol. The fraction of sp³-hybridized carbons (Fsp3) is 0.929. The van der Waals surface area contributed by atoms with Crippen LogP contribution < -0.4 is 0 Å². The summed E-state index contributed by atoms with van der Waals surface area (Å²) in [4.78, 5) is 10.5. The fourth-order valence-electron chi connectivity index (χ4n) is 1.93. The minimum absolute atomic E-state index is 0. The number of alkyl halides is 1. The molecule has 0 radical (unpaired) electrons. The Bertz CT molecular complexity index is 189. The van der Waals surface area contributed by atoms with E-state index < -0.39 is 11.3 Å². The van der Waals surface area contributed by atoms with Crippen molar-refractivity contribution in [3.8, 4) is 0 Å². The predicted octanol–water partition coefficient (Wildman–Crippen LogP) is 4.34. The van der Waals surface area contributed by atoms with Crippen molar-refractivity contribution in [2.24, 2.45) is 0 Å². The molecule has 0 aliphatic carbocycles. The molecule has 1 N–H and O–H groups in total. The van der Waals surface area contributed by atoms with Gasteiger partial charge >= 0.3 is 35.5 Å². The molecule has 0 aromatic heterocycles. The van der Waals surface area contributed by atoms with E-state index in [1.165, 1.54) is 51.4 Å². The molecule has 0 bridgehead atoms. The van der Waals surface area contributed by atoms with Crippen LogP contribution in [0.15, 0.2) is 0 Å². The molecule has 4 heteroatoms. The van der Waals surface area contributed by atoms with Gasteiger partial charge in [0.25, 0.3) is 0 Å². The number of carboxylic acid groups (broad SMARTS) is 1. The summed E-state index contributed by atoms with van der Waals surface area (Å²) >= 11 is 5.63. The van der Waals surface area contributed by atoms with E-state index in [4.69, 9.17) is 16.7 Å². The van der Waals surface area contributed by atoms with E-state index in [0.29, 0.717) is 6.42 Å². The Balaban J connectivity index is 0. The SMILES string of the molecule is CCCCCCCCCCCCC(Cl)C(=O)O.[NaH]. The van der Waals surface area contributed by atoms with E-state index in [2.05, 4.69) is 6.92 Å². The predicted molar refractivity (Wildman–Crippen MR) is 80.9 cm³/mol. The second kappa shape index (κ2) is 15.8. The van der Waals surface area contributed by atoms with E-state index in [0.717, 1.165) is 12.8 Å². The van der Waals surface area contributed by atoms with E-state index in [9.17, 15) is 4.79 Å². The molecule has 1 atom stereocenters. The molecular weight excluding hydrogens is 259 g/mol. The summed E-state index contributed by atoms with van der Waals surface area (Å²) in [6.45, 7) is 2.24.